The maximum Gasteiger partial charge on any atom is 0.227 e. The van der Waals surface area contributed by atoms with Crippen LogP contribution in [0.15, 0.2) is 30.5 Å². The van der Waals surface area contributed by atoms with Crippen molar-refractivity contribution in [3.63, 3.8) is 0 Å². The monoisotopic (exact) mass is 365 g/mol. The molecular weight excluding hydrogens is 334 g/mol. The quantitative estimate of drug-likeness (QED) is 0.827. The Hall–Kier alpha value is -2.30. The first-order chi connectivity index (χ1) is 13.2. The lowest BCUT2D eigenvalue weighted by Gasteiger charge is -2.37. The molecule has 2 aliphatic rings. The van der Waals surface area contributed by atoms with Crippen molar-refractivity contribution in [3.05, 3.63) is 41.6 Å². The van der Waals surface area contributed by atoms with Gasteiger partial charge in [0.25, 0.3) is 0 Å². The molecule has 2 aromatic rings. The highest BCUT2D eigenvalue weighted by Gasteiger charge is 2.21. The summed E-state index contributed by atoms with van der Waals surface area (Å²) in [6.45, 7) is 10.7. The van der Waals surface area contributed by atoms with Crippen molar-refractivity contribution in [1.82, 2.24) is 9.97 Å². The van der Waals surface area contributed by atoms with Crippen molar-refractivity contribution >= 4 is 17.5 Å². The van der Waals surface area contributed by atoms with Crippen LogP contribution >= 0.6 is 0 Å². The van der Waals surface area contributed by atoms with Crippen LogP contribution in [-0.2, 0) is 0 Å². The summed E-state index contributed by atoms with van der Waals surface area (Å²) in [5.41, 5.74) is 4.15. The van der Waals surface area contributed by atoms with E-state index in [4.69, 9.17) is 4.98 Å². The van der Waals surface area contributed by atoms with Gasteiger partial charge in [-0.2, -0.15) is 4.98 Å². The van der Waals surface area contributed by atoms with E-state index in [9.17, 15) is 0 Å². The summed E-state index contributed by atoms with van der Waals surface area (Å²) >= 11 is 0. The van der Waals surface area contributed by atoms with Gasteiger partial charge in [0, 0.05) is 51.2 Å². The maximum atomic E-state index is 4.91. The van der Waals surface area contributed by atoms with Gasteiger partial charge in [0.2, 0.25) is 5.95 Å². The van der Waals surface area contributed by atoms with Crippen molar-refractivity contribution in [1.29, 1.82) is 0 Å². The van der Waals surface area contributed by atoms with Gasteiger partial charge in [0.15, 0.2) is 0 Å². The van der Waals surface area contributed by atoms with Crippen molar-refractivity contribution < 1.29 is 0 Å². The number of nitrogens with zero attached hydrogens (tertiary/aromatic N) is 5. The second-order valence-electron chi connectivity index (χ2n) is 7.81. The van der Waals surface area contributed by atoms with Crippen LogP contribution < -0.4 is 14.7 Å². The fourth-order valence-electron chi connectivity index (χ4n) is 4.19. The summed E-state index contributed by atoms with van der Waals surface area (Å²) in [5, 5.41) is 0. The molecule has 5 nitrogen and oxygen atoms in total. The summed E-state index contributed by atoms with van der Waals surface area (Å²) in [4.78, 5) is 16.8. The van der Waals surface area contributed by atoms with E-state index < -0.39 is 0 Å². The minimum atomic E-state index is 0.909. The summed E-state index contributed by atoms with van der Waals surface area (Å²) in [6, 6.07) is 8.68. The van der Waals surface area contributed by atoms with Crippen LogP contribution in [0.3, 0.4) is 0 Å². The van der Waals surface area contributed by atoms with Gasteiger partial charge in [0.1, 0.15) is 5.82 Å². The summed E-state index contributed by atoms with van der Waals surface area (Å²) in [7, 11) is 0. The number of anilines is 3. The third-order valence-electron chi connectivity index (χ3n) is 6.04. The first-order valence-corrected chi connectivity index (χ1v) is 10.4. The average molecular weight is 366 g/mol. The number of aryl methyl sites for hydroxylation is 1. The highest BCUT2D eigenvalue weighted by atomic mass is 15.3. The van der Waals surface area contributed by atoms with Gasteiger partial charge in [-0.25, -0.2) is 4.98 Å². The lowest BCUT2D eigenvalue weighted by Crippen LogP contribution is -2.47. The van der Waals surface area contributed by atoms with Gasteiger partial charge in [-0.15, -0.1) is 0 Å². The van der Waals surface area contributed by atoms with Crippen LogP contribution in [0, 0.1) is 13.8 Å². The van der Waals surface area contributed by atoms with Crippen molar-refractivity contribution in [2.75, 3.05) is 54.0 Å². The lowest BCUT2D eigenvalue weighted by atomic mass is 10.1. The third kappa shape index (κ3) is 4.02. The average Bonchev–Trinajstić information content (AvgIpc) is 3.00. The molecule has 0 saturated carbocycles. The molecular formula is C22H31N5. The SMILES string of the molecule is Cc1cccc(N2CCN(c3ccnc(N4CCCCCC4)n3)CC2)c1C. The molecule has 144 valence electrons. The summed E-state index contributed by atoms with van der Waals surface area (Å²) < 4.78 is 0. The molecule has 0 N–H and O–H groups in total. The Morgan fingerprint density at radius 2 is 1.44 bits per heavy atom. The van der Waals surface area contributed by atoms with Crippen LogP contribution in [0.4, 0.5) is 17.5 Å². The van der Waals surface area contributed by atoms with E-state index in [0.29, 0.717) is 0 Å². The van der Waals surface area contributed by atoms with Crippen LogP contribution in [0.2, 0.25) is 0 Å². The molecule has 2 fully saturated rings. The predicted octanol–water partition coefficient (Wildman–Crippen LogP) is 3.80. The first kappa shape index (κ1) is 18.1. The van der Waals surface area contributed by atoms with Crippen LogP contribution in [0.5, 0.6) is 0 Å². The van der Waals surface area contributed by atoms with E-state index in [1.54, 1.807) is 0 Å². The molecule has 0 radical (unpaired) electrons. The van der Waals surface area contributed by atoms with E-state index in [2.05, 4.69) is 57.8 Å². The Balaban J connectivity index is 1.43. The Morgan fingerprint density at radius 1 is 0.741 bits per heavy atom. The highest BCUT2D eigenvalue weighted by Crippen LogP contribution is 2.25. The number of piperazine rings is 1. The molecule has 3 heterocycles. The Morgan fingerprint density at radius 3 is 2.19 bits per heavy atom. The minimum Gasteiger partial charge on any atom is -0.368 e. The largest absolute Gasteiger partial charge is 0.368 e. The zero-order valence-corrected chi connectivity index (χ0v) is 16.7. The van der Waals surface area contributed by atoms with Gasteiger partial charge in [-0.1, -0.05) is 25.0 Å². The molecule has 0 aliphatic carbocycles. The van der Waals surface area contributed by atoms with Gasteiger partial charge >= 0.3 is 0 Å². The Kier molecular flexibility index (Phi) is 5.46. The number of hydrogen-bond donors (Lipinski definition) is 0. The second kappa shape index (κ2) is 8.15. The molecule has 0 bridgehead atoms. The molecule has 4 rings (SSSR count). The van der Waals surface area contributed by atoms with Gasteiger partial charge < -0.3 is 14.7 Å². The normalized spacial score (nSPS) is 18.5. The van der Waals surface area contributed by atoms with Crippen LogP contribution in [-0.4, -0.2) is 49.2 Å². The molecule has 2 saturated heterocycles. The number of benzene rings is 1. The predicted molar refractivity (Wildman–Crippen MR) is 113 cm³/mol. The van der Waals surface area contributed by atoms with E-state index in [-0.39, 0.29) is 0 Å². The molecule has 0 spiro atoms. The number of aromatic nitrogens is 2. The molecule has 5 heteroatoms. The third-order valence-corrected chi connectivity index (χ3v) is 6.04. The van der Waals surface area contributed by atoms with Crippen molar-refractivity contribution in [2.24, 2.45) is 0 Å². The lowest BCUT2D eigenvalue weighted by molar-refractivity contribution is 0.644. The zero-order valence-electron chi connectivity index (χ0n) is 16.7. The van der Waals surface area contributed by atoms with Crippen molar-refractivity contribution in [2.45, 2.75) is 39.5 Å². The Bertz CT molecular complexity index is 759. The molecule has 0 amide bonds. The first-order valence-electron chi connectivity index (χ1n) is 10.4. The number of hydrogen-bond acceptors (Lipinski definition) is 5. The smallest absolute Gasteiger partial charge is 0.227 e. The molecule has 27 heavy (non-hydrogen) atoms. The van der Waals surface area contributed by atoms with Crippen molar-refractivity contribution in [3.8, 4) is 0 Å². The zero-order chi connectivity index (χ0) is 18.6. The van der Waals surface area contributed by atoms with Crippen LogP contribution in [0.1, 0.15) is 36.8 Å². The standard InChI is InChI=1S/C22H31N5/c1-18-8-7-9-20(19(18)2)25-14-16-26(17-15-25)21-10-11-23-22(24-21)27-12-5-3-4-6-13-27/h7-11H,3-6,12-17H2,1-2H3. The van der Waals surface area contributed by atoms with Gasteiger partial charge in [-0.05, 0) is 49.9 Å². The van der Waals surface area contributed by atoms with Crippen LogP contribution in [0.25, 0.3) is 0 Å². The topological polar surface area (TPSA) is 35.5 Å². The summed E-state index contributed by atoms with van der Waals surface area (Å²) in [6.07, 6.45) is 7.09. The maximum absolute atomic E-state index is 4.91. The fraction of sp³-hybridized carbons (Fsp3) is 0.545. The van der Waals surface area contributed by atoms with E-state index >= 15 is 0 Å². The summed E-state index contributed by atoms with van der Waals surface area (Å²) in [5.74, 6) is 1.98. The molecule has 0 unspecified atom stereocenters. The molecule has 1 aromatic carbocycles. The van der Waals surface area contributed by atoms with Gasteiger partial charge in [-0.3, -0.25) is 0 Å². The molecule has 0 atom stereocenters. The van der Waals surface area contributed by atoms with E-state index in [1.165, 1.54) is 42.5 Å². The van der Waals surface area contributed by atoms with E-state index in [0.717, 1.165) is 51.0 Å². The molecule has 2 aliphatic heterocycles. The second-order valence-corrected chi connectivity index (χ2v) is 7.81. The highest BCUT2D eigenvalue weighted by molar-refractivity contribution is 5.57. The Labute approximate surface area is 163 Å². The van der Waals surface area contributed by atoms with E-state index in [1.807, 2.05) is 6.20 Å². The minimum absolute atomic E-state index is 0.909. The number of rotatable bonds is 3. The fourth-order valence-corrected chi connectivity index (χ4v) is 4.19. The molecule has 1 aromatic heterocycles. The van der Waals surface area contributed by atoms with Gasteiger partial charge in [0.05, 0.1) is 0 Å².